The Morgan fingerprint density at radius 1 is 1.21 bits per heavy atom. The summed E-state index contributed by atoms with van der Waals surface area (Å²) in [6.07, 6.45) is -0.662. The molecule has 1 saturated carbocycles. The van der Waals surface area contributed by atoms with Crippen molar-refractivity contribution >= 4 is 0 Å². The Labute approximate surface area is 110 Å². The van der Waals surface area contributed by atoms with E-state index < -0.39 is 11.7 Å². The van der Waals surface area contributed by atoms with Crippen LogP contribution in [0.4, 0.5) is 13.2 Å². The second-order valence-electron chi connectivity index (χ2n) is 5.14. The highest BCUT2D eigenvalue weighted by Crippen LogP contribution is 2.43. The first kappa shape index (κ1) is 14.2. The molecule has 1 aliphatic carbocycles. The third-order valence-electron chi connectivity index (χ3n) is 4.03. The molecule has 19 heavy (non-hydrogen) atoms. The van der Waals surface area contributed by atoms with Crippen LogP contribution in [0.1, 0.15) is 36.8 Å². The third-order valence-corrected chi connectivity index (χ3v) is 4.03. The van der Waals surface area contributed by atoms with Gasteiger partial charge in [0.15, 0.2) is 0 Å². The van der Waals surface area contributed by atoms with E-state index in [1.54, 1.807) is 6.07 Å². The molecule has 0 atom stereocenters. The van der Waals surface area contributed by atoms with Gasteiger partial charge in [-0.05, 0) is 36.6 Å². The Kier molecular flexibility index (Phi) is 3.76. The first-order valence-electron chi connectivity index (χ1n) is 6.38. The van der Waals surface area contributed by atoms with Crippen molar-refractivity contribution in [1.29, 1.82) is 0 Å². The maximum absolute atomic E-state index is 12.9. The maximum atomic E-state index is 12.9. The summed E-state index contributed by atoms with van der Waals surface area (Å²) in [6.45, 7) is 0.372. The van der Waals surface area contributed by atoms with Crippen molar-refractivity contribution in [3.8, 4) is 5.75 Å². The van der Waals surface area contributed by atoms with Gasteiger partial charge in [-0.2, -0.15) is 13.2 Å². The molecular weight excluding hydrogens is 255 g/mol. The third kappa shape index (κ3) is 2.71. The molecule has 0 saturated heterocycles. The molecule has 2 N–H and O–H groups in total. The molecule has 0 heterocycles. The van der Waals surface area contributed by atoms with E-state index in [1.165, 1.54) is 13.2 Å². The second kappa shape index (κ2) is 5.04. The highest BCUT2D eigenvalue weighted by molar-refractivity contribution is 5.40. The highest BCUT2D eigenvalue weighted by Gasteiger charge is 2.38. The number of nitrogens with two attached hydrogens (primary N) is 1. The zero-order valence-corrected chi connectivity index (χ0v) is 10.9. The number of hydrogen-bond donors (Lipinski definition) is 1. The molecule has 2 rings (SSSR count). The predicted molar refractivity (Wildman–Crippen MR) is 67.2 cm³/mol. The summed E-state index contributed by atoms with van der Waals surface area (Å²) in [5.41, 5.74) is 5.49. The van der Waals surface area contributed by atoms with Crippen molar-refractivity contribution in [1.82, 2.24) is 0 Å². The Morgan fingerprint density at radius 3 is 2.32 bits per heavy atom. The van der Waals surface area contributed by atoms with Gasteiger partial charge in [-0.3, -0.25) is 0 Å². The second-order valence-corrected chi connectivity index (χ2v) is 5.14. The lowest BCUT2D eigenvalue weighted by Crippen LogP contribution is -2.32. The van der Waals surface area contributed by atoms with E-state index in [0.29, 0.717) is 12.1 Å². The van der Waals surface area contributed by atoms with Gasteiger partial charge in [-0.15, -0.1) is 0 Å². The minimum absolute atomic E-state index is 0.240. The summed E-state index contributed by atoms with van der Waals surface area (Å²) in [5, 5.41) is 0. The zero-order chi connectivity index (χ0) is 14.1. The summed E-state index contributed by atoms with van der Waals surface area (Å²) in [7, 11) is 1.38. The van der Waals surface area contributed by atoms with Gasteiger partial charge < -0.3 is 10.5 Å². The standard InChI is InChI=1S/C14H18F3NO/c1-19-12-7-10(6-11(8-12)14(15,16)17)13(9-18)4-2-3-5-13/h6-8H,2-5,9,18H2,1H3. The van der Waals surface area contributed by atoms with Gasteiger partial charge in [0.2, 0.25) is 0 Å². The summed E-state index contributed by atoms with van der Waals surface area (Å²) in [4.78, 5) is 0. The van der Waals surface area contributed by atoms with Gasteiger partial charge in [-0.25, -0.2) is 0 Å². The van der Waals surface area contributed by atoms with Crippen LogP contribution in [0.3, 0.4) is 0 Å². The van der Waals surface area contributed by atoms with Crippen LogP contribution in [-0.4, -0.2) is 13.7 Å². The molecule has 0 spiro atoms. The molecule has 1 aromatic rings. The fourth-order valence-electron chi connectivity index (χ4n) is 2.85. The van der Waals surface area contributed by atoms with Crippen LogP contribution in [0, 0.1) is 0 Å². The monoisotopic (exact) mass is 273 g/mol. The van der Waals surface area contributed by atoms with E-state index >= 15 is 0 Å². The topological polar surface area (TPSA) is 35.2 Å². The minimum atomic E-state index is -4.36. The lowest BCUT2D eigenvalue weighted by Gasteiger charge is -2.29. The number of benzene rings is 1. The van der Waals surface area contributed by atoms with E-state index in [0.717, 1.165) is 31.7 Å². The molecule has 0 aromatic heterocycles. The van der Waals surface area contributed by atoms with Crippen molar-refractivity contribution in [2.24, 2.45) is 5.73 Å². The van der Waals surface area contributed by atoms with Gasteiger partial charge in [0.25, 0.3) is 0 Å². The molecule has 0 unspecified atom stereocenters. The van der Waals surface area contributed by atoms with Crippen LogP contribution < -0.4 is 10.5 Å². The number of ether oxygens (including phenoxy) is 1. The summed E-state index contributed by atoms with van der Waals surface area (Å²) < 4.78 is 43.7. The normalized spacial score (nSPS) is 18.6. The fraction of sp³-hybridized carbons (Fsp3) is 0.571. The van der Waals surface area contributed by atoms with Crippen molar-refractivity contribution in [2.75, 3.05) is 13.7 Å². The van der Waals surface area contributed by atoms with Crippen LogP contribution in [0.5, 0.6) is 5.75 Å². The molecule has 2 nitrogen and oxygen atoms in total. The summed E-state index contributed by atoms with van der Waals surface area (Å²) in [6, 6.07) is 3.94. The van der Waals surface area contributed by atoms with Gasteiger partial charge in [0.05, 0.1) is 12.7 Å². The number of alkyl halides is 3. The molecule has 1 fully saturated rings. The molecular formula is C14H18F3NO. The Morgan fingerprint density at radius 2 is 1.84 bits per heavy atom. The maximum Gasteiger partial charge on any atom is 0.416 e. The van der Waals surface area contributed by atoms with Crippen molar-refractivity contribution < 1.29 is 17.9 Å². The summed E-state index contributed by atoms with van der Waals surface area (Å²) >= 11 is 0. The fourth-order valence-corrected chi connectivity index (χ4v) is 2.85. The number of hydrogen-bond acceptors (Lipinski definition) is 2. The average Bonchev–Trinajstić information content (AvgIpc) is 2.87. The van der Waals surface area contributed by atoms with E-state index in [2.05, 4.69) is 0 Å². The molecule has 5 heteroatoms. The van der Waals surface area contributed by atoms with E-state index in [1.807, 2.05) is 0 Å². The van der Waals surface area contributed by atoms with E-state index in [-0.39, 0.29) is 11.2 Å². The summed E-state index contributed by atoms with van der Waals surface area (Å²) in [5.74, 6) is 0.240. The van der Waals surface area contributed by atoms with Gasteiger partial charge in [0.1, 0.15) is 5.75 Å². The number of rotatable bonds is 3. The molecule has 1 aromatic carbocycles. The van der Waals surface area contributed by atoms with Gasteiger partial charge >= 0.3 is 6.18 Å². The van der Waals surface area contributed by atoms with Crippen LogP contribution >= 0.6 is 0 Å². The number of halogens is 3. The minimum Gasteiger partial charge on any atom is -0.497 e. The van der Waals surface area contributed by atoms with E-state index in [4.69, 9.17) is 10.5 Å². The molecule has 0 radical (unpaired) electrons. The van der Waals surface area contributed by atoms with Gasteiger partial charge in [-0.1, -0.05) is 12.8 Å². The average molecular weight is 273 g/mol. The van der Waals surface area contributed by atoms with Crippen molar-refractivity contribution in [2.45, 2.75) is 37.3 Å². The van der Waals surface area contributed by atoms with Gasteiger partial charge in [0, 0.05) is 12.0 Å². The largest absolute Gasteiger partial charge is 0.497 e. The first-order chi connectivity index (χ1) is 8.91. The Balaban J connectivity index is 2.50. The number of methoxy groups -OCH3 is 1. The van der Waals surface area contributed by atoms with Crippen LogP contribution in [0.15, 0.2) is 18.2 Å². The quantitative estimate of drug-likeness (QED) is 0.915. The van der Waals surface area contributed by atoms with Crippen LogP contribution in [0.25, 0.3) is 0 Å². The molecule has 0 amide bonds. The van der Waals surface area contributed by atoms with Crippen LogP contribution in [0.2, 0.25) is 0 Å². The van der Waals surface area contributed by atoms with Crippen molar-refractivity contribution in [3.63, 3.8) is 0 Å². The van der Waals surface area contributed by atoms with Crippen molar-refractivity contribution in [3.05, 3.63) is 29.3 Å². The lowest BCUT2D eigenvalue weighted by atomic mass is 9.78. The zero-order valence-electron chi connectivity index (χ0n) is 10.9. The first-order valence-corrected chi connectivity index (χ1v) is 6.38. The van der Waals surface area contributed by atoms with E-state index in [9.17, 15) is 13.2 Å². The molecule has 0 aliphatic heterocycles. The Hall–Kier alpha value is -1.23. The molecule has 1 aliphatic rings. The van der Waals surface area contributed by atoms with Crippen LogP contribution in [-0.2, 0) is 11.6 Å². The SMILES string of the molecule is COc1cc(C(F)(F)F)cc(C2(CN)CCCC2)c1. The lowest BCUT2D eigenvalue weighted by molar-refractivity contribution is -0.137. The Bertz CT molecular complexity index is 450. The smallest absolute Gasteiger partial charge is 0.416 e. The predicted octanol–water partition coefficient (Wildman–Crippen LogP) is 3.48. The molecule has 0 bridgehead atoms. The molecule has 106 valence electrons. The highest BCUT2D eigenvalue weighted by atomic mass is 19.4.